The molecular formula is C30H32N2O4. The number of nitrogens with zero attached hydrogens (tertiary/aromatic N) is 2. The fraction of sp³-hybridized carbons (Fsp3) is 0.267. The van der Waals surface area contributed by atoms with Crippen molar-refractivity contribution < 1.29 is 19.4 Å². The molecule has 1 atom stereocenters. The van der Waals surface area contributed by atoms with Crippen LogP contribution in [0.4, 0.5) is 0 Å². The average Bonchev–Trinajstić information content (AvgIpc) is 3.13. The molecule has 6 heteroatoms. The lowest BCUT2D eigenvalue weighted by Gasteiger charge is -2.26. The molecular weight excluding hydrogens is 452 g/mol. The summed E-state index contributed by atoms with van der Waals surface area (Å²) in [4.78, 5) is 29.8. The summed E-state index contributed by atoms with van der Waals surface area (Å²) >= 11 is 0. The molecule has 0 aromatic heterocycles. The molecule has 1 saturated heterocycles. The zero-order valence-corrected chi connectivity index (χ0v) is 21.0. The number of likely N-dealkylation sites (tertiary alicyclic amines) is 1. The van der Waals surface area contributed by atoms with E-state index in [-0.39, 0.29) is 11.3 Å². The van der Waals surface area contributed by atoms with Gasteiger partial charge in [-0.2, -0.15) is 0 Å². The van der Waals surface area contributed by atoms with Gasteiger partial charge in [0.25, 0.3) is 11.7 Å². The number of aliphatic hydroxyl groups is 1. The predicted octanol–water partition coefficient (Wildman–Crippen LogP) is 4.95. The van der Waals surface area contributed by atoms with Crippen molar-refractivity contribution in [2.75, 3.05) is 27.2 Å². The summed E-state index contributed by atoms with van der Waals surface area (Å²) in [6.45, 7) is 3.53. The van der Waals surface area contributed by atoms with Crippen LogP contribution < -0.4 is 4.74 Å². The van der Waals surface area contributed by atoms with Crippen LogP contribution in [0.5, 0.6) is 5.75 Å². The minimum atomic E-state index is -0.659. The third-order valence-corrected chi connectivity index (χ3v) is 6.35. The van der Waals surface area contributed by atoms with Gasteiger partial charge < -0.3 is 19.6 Å². The number of aryl methyl sites for hydroxylation is 1. The normalized spacial score (nSPS) is 17.1. The van der Waals surface area contributed by atoms with Crippen molar-refractivity contribution in [2.24, 2.45) is 0 Å². The van der Waals surface area contributed by atoms with Crippen molar-refractivity contribution in [2.45, 2.75) is 26.0 Å². The highest BCUT2D eigenvalue weighted by Crippen LogP contribution is 2.39. The highest BCUT2D eigenvalue weighted by molar-refractivity contribution is 6.46. The predicted molar refractivity (Wildman–Crippen MR) is 141 cm³/mol. The lowest BCUT2D eigenvalue weighted by molar-refractivity contribution is -0.139. The Hall–Kier alpha value is -3.90. The van der Waals surface area contributed by atoms with Gasteiger partial charge in [-0.25, -0.2) is 0 Å². The van der Waals surface area contributed by atoms with Crippen LogP contribution in [0, 0.1) is 6.92 Å². The number of hydrogen-bond acceptors (Lipinski definition) is 5. The summed E-state index contributed by atoms with van der Waals surface area (Å²) < 4.78 is 5.96. The van der Waals surface area contributed by atoms with Gasteiger partial charge in [-0.15, -0.1) is 0 Å². The molecule has 4 rings (SSSR count). The second-order valence-corrected chi connectivity index (χ2v) is 9.31. The van der Waals surface area contributed by atoms with Gasteiger partial charge in [-0.3, -0.25) is 9.59 Å². The first kappa shape index (κ1) is 25.2. The number of aliphatic hydroxyl groups excluding tert-OH is 1. The Bertz CT molecular complexity index is 1250. The molecule has 1 aliphatic rings. The maximum atomic E-state index is 13.2. The summed E-state index contributed by atoms with van der Waals surface area (Å²) in [5, 5.41) is 11.3. The molecule has 3 aromatic rings. The SMILES string of the molecule is Cc1cc(/C(O)=C2\C(=O)C(=O)N(CCCN(C)C)C2c2ccccc2)ccc1OCc1ccccc1. The number of ketones is 1. The van der Waals surface area contributed by atoms with Crippen molar-refractivity contribution in [1.29, 1.82) is 0 Å². The lowest BCUT2D eigenvalue weighted by atomic mass is 9.95. The van der Waals surface area contributed by atoms with Gasteiger partial charge >= 0.3 is 0 Å². The van der Waals surface area contributed by atoms with Crippen LogP contribution in [0.1, 0.15) is 34.7 Å². The van der Waals surface area contributed by atoms with Crippen molar-refractivity contribution in [3.05, 3.63) is 107 Å². The second kappa shape index (κ2) is 11.2. The molecule has 1 unspecified atom stereocenters. The molecule has 1 N–H and O–H groups in total. The number of amides is 1. The van der Waals surface area contributed by atoms with Crippen LogP contribution in [-0.2, 0) is 16.2 Å². The number of hydrogen-bond donors (Lipinski definition) is 1. The monoisotopic (exact) mass is 484 g/mol. The molecule has 0 spiro atoms. The third kappa shape index (κ3) is 5.50. The largest absolute Gasteiger partial charge is 0.507 e. The van der Waals surface area contributed by atoms with Crippen molar-refractivity contribution in [3.63, 3.8) is 0 Å². The van der Waals surface area contributed by atoms with Gasteiger partial charge in [0.2, 0.25) is 0 Å². The van der Waals surface area contributed by atoms with E-state index in [1.54, 1.807) is 23.1 Å². The number of carbonyl (C=O) groups excluding carboxylic acids is 2. The van der Waals surface area contributed by atoms with E-state index in [2.05, 4.69) is 0 Å². The van der Waals surface area contributed by atoms with Crippen LogP contribution in [0.15, 0.2) is 84.4 Å². The van der Waals surface area contributed by atoms with Gasteiger partial charge in [0.05, 0.1) is 11.6 Å². The number of carbonyl (C=O) groups is 2. The summed E-state index contributed by atoms with van der Waals surface area (Å²) in [7, 11) is 3.94. The molecule has 1 aliphatic heterocycles. The molecule has 1 fully saturated rings. The van der Waals surface area contributed by atoms with E-state index in [1.807, 2.05) is 86.6 Å². The third-order valence-electron chi connectivity index (χ3n) is 6.35. The summed E-state index contributed by atoms with van der Waals surface area (Å²) in [5.41, 5.74) is 3.27. The number of rotatable bonds is 9. The van der Waals surface area contributed by atoms with Crippen molar-refractivity contribution in [1.82, 2.24) is 9.80 Å². The highest BCUT2D eigenvalue weighted by atomic mass is 16.5. The highest BCUT2D eigenvalue weighted by Gasteiger charge is 2.45. The topological polar surface area (TPSA) is 70.1 Å². The van der Waals surface area contributed by atoms with Crippen molar-refractivity contribution >= 4 is 17.4 Å². The van der Waals surface area contributed by atoms with Crippen LogP contribution in [0.3, 0.4) is 0 Å². The Balaban J connectivity index is 1.66. The minimum absolute atomic E-state index is 0.119. The Labute approximate surface area is 212 Å². The summed E-state index contributed by atoms with van der Waals surface area (Å²) in [6, 6.07) is 24.0. The second-order valence-electron chi connectivity index (χ2n) is 9.31. The fourth-order valence-corrected chi connectivity index (χ4v) is 4.50. The summed E-state index contributed by atoms with van der Waals surface area (Å²) in [6.07, 6.45) is 0.718. The molecule has 1 amide bonds. The smallest absolute Gasteiger partial charge is 0.295 e. The number of Topliss-reactive ketones (excluding diaryl/α,β-unsaturated/α-hetero) is 1. The Morgan fingerprint density at radius 3 is 2.28 bits per heavy atom. The maximum Gasteiger partial charge on any atom is 0.295 e. The van der Waals surface area contributed by atoms with Crippen molar-refractivity contribution in [3.8, 4) is 5.75 Å². The fourth-order valence-electron chi connectivity index (χ4n) is 4.50. The van der Waals surface area contributed by atoms with E-state index in [9.17, 15) is 14.7 Å². The van der Waals surface area contributed by atoms with Crippen LogP contribution in [0.25, 0.3) is 5.76 Å². The lowest BCUT2D eigenvalue weighted by Crippen LogP contribution is -2.32. The molecule has 1 heterocycles. The molecule has 0 radical (unpaired) electrons. The van der Waals surface area contributed by atoms with Gasteiger partial charge in [-0.1, -0.05) is 60.7 Å². The molecule has 36 heavy (non-hydrogen) atoms. The molecule has 0 aliphatic carbocycles. The molecule has 0 saturated carbocycles. The number of ether oxygens (including phenoxy) is 1. The van der Waals surface area contributed by atoms with E-state index in [0.717, 1.165) is 29.7 Å². The Morgan fingerprint density at radius 1 is 0.972 bits per heavy atom. The zero-order valence-electron chi connectivity index (χ0n) is 21.0. The van der Waals surface area contributed by atoms with E-state index in [1.165, 1.54) is 0 Å². The number of benzene rings is 3. The van der Waals surface area contributed by atoms with Crippen LogP contribution >= 0.6 is 0 Å². The van der Waals surface area contributed by atoms with Gasteiger partial charge in [0.15, 0.2) is 0 Å². The molecule has 3 aromatic carbocycles. The van der Waals surface area contributed by atoms with Crippen LogP contribution in [-0.4, -0.2) is 53.8 Å². The Kier molecular flexibility index (Phi) is 7.86. The molecule has 6 nitrogen and oxygen atoms in total. The first-order chi connectivity index (χ1) is 17.4. The first-order valence-electron chi connectivity index (χ1n) is 12.1. The quantitative estimate of drug-likeness (QED) is 0.264. The summed E-state index contributed by atoms with van der Waals surface area (Å²) in [5.74, 6) is -0.717. The minimum Gasteiger partial charge on any atom is -0.507 e. The maximum absolute atomic E-state index is 13.2. The zero-order chi connectivity index (χ0) is 25.7. The van der Waals surface area contributed by atoms with Gasteiger partial charge in [0, 0.05) is 12.1 Å². The molecule has 186 valence electrons. The van der Waals surface area contributed by atoms with E-state index in [0.29, 0.717) is 24.5 Å². The average molecular weight is 485 g/mol. The van der Waals surface area contributed by atoms with E-state index >= 15 is 0 Å². The van der Waals surface area contributed by atoms with Gasteiger partial charge in [0.1, 0.15) is 18.1 Å². The van der Waals surface area contributed by atoms with E-state index < -0.39 is 17.7 Å². The molecule has 0 bridgehead atoms. The van der Waals surface area contributed by atoms with E-state index in [4.69, 9.17) is 4.74 Å². The van der Waals surface area contributed by atoms with Crippen LogP contribution in [0.2, 0.25) is 0 Å². The Morgan fingerprint density at radius 2 is 1.64 bits per heavy atom. The standard InChI is InChI=1S/C30H32N2O4/c1-21-19-24(15-16-25(21)36-20-22-11-6-4-7-12-22)28(33)26-27(23-13-8-5-9-14-23)32(30(35)29(26)34)18-10-17-31(2)3/h4-9,11-16,19,27,33H,10,17-18,20H2,1-3H3/b28-26+. The first-order valence-corrected chi connectivity index (χ1v) is 12.1. The van der Waals surface area contributed by atoms with Gasteiger partial charge in [-0.05, 0) is 68.9 Å².